The van der Waals surface area contributed by atoms with Gasteiger partial charge in [-0.05, 0) is 69.5 Å². The van der Waals surface area contributed by atoms with Crippen LogP contribution in [-0.4, -0.2) is 18.2 Å². The Labute approximate surface area is 288 Å². The van der Waals surface area contributed by atoms with Gasteiger partial charge in [-0.2, -0.15) is 0 Å². The summed E-state index contributed by atoms with van der Waals surface area (Å²) in [5.41, 5.74) is 3.26. The van der Waals surface area contributed by atoms with Gasteiger partial charge in [0.25, 0.3) is 5.91 Å². The summed E-state index contributed by atoms with van der Waals surface area (Å²) in [6, 6.07) is 0. The third kappa shape index (κ3) is 9.62. The number of hydrogen-bond acceptors (Lipinski definition) is 4. The quantitative estimate of drug-likeness (QED) is 0.214. The zero-order valence-electron chi connectivity index (χ0n) is 28.8. The molecule has 7 heteroatoms. The number of rotatable bonds is 11. The van der Waals surface area contributed by atoms with E-state index in [1.165, 1.54) is 38.5 Å². The van der Waals surface area contributed by atoms with Crippen LogP contribution in [0.5, 0.6) is 0 Å². The zero-order chi connectivity index (χ0) is 32.9. The van der Waals surface area contributed by atoms with Gasteiger partial charge in [0, 0.05) is 37.6 Å². The smallest absolute Gasteiger partial charge is 0.260 e. The number of halogens is 2. The van der Waals surface area contributed by atoms with E-state index in [4.69, 9.17) is 0 Å². The Hall–Kier alpha value is -0.760. The molecule has 0 saturated heterocycles. The molecule has 3 nitrogen and oxygen atoms in total. The molecule has 0 fully saturated rings. The summed E-state index contributed by atoms with van der Waals surface area (Å²) < 4.78 is 2.01. The van der Waals surface area contributed by atoms with Crippen molar-refractivity contribution in [3.05, 3.63) is 34.0 Å². The monoisotopic (exact) mass is 757 g/mol. The molecule has 2 aromatic heterocycles. The number of hydrogen-bond donors (Lipinski definition) is 0. The van der Waals surface area contributed by atoms with E-state index in [2.05, 4.69) is 80.3 Å². The molecule has 1 amide bonds. The molecule has 0 aromatic carbocycles. The van der Waals surface area contributed by atoms with Crippen LogP contribution in [0.25, 0.3) is 11.1 Å². The minimum atomic E-state index is -0.00901. The number of ketones is 1. The van der Waals surface area contributed by atoms with Crippen molar-refractivity contribution >= 4 is 83.1 Å². The molecule has 1 unspecified atom stereocenters. The van der Waals surface area contributed by atoms with Gasteiger partial charge in [-0.25, -0.2) is 0 Å². The van der Waals surface area contributed by atoms with Gasteiger partial charge in [-0.1, -0.05) is 114 Å². The normalized spacial score (nSPS) is 15.8. The highest BCUT2D eigenvalue weighted by atomic mass is 79.9. The lowest BCUT2D eigenvalue weighted by atomic mass is 9.97. The lowest BCUT2D eigenvalue weighted by Crippen LogP contribution is -2.32. The van der Waals surface area contributed by atoms with Crippen LogP contribution in [0.2, 0.25) is 0 Å². The van der Waals surface area contributed by atoms with Crippen molar-refractivity contribution in [2.24, 2.45) is 11.8 Å². The van der Waals surface area contributed by atoms with Crippen molar-refractivity contribution in [2.75, 3.05) is 11.4 Å². The molecule has 1 atom stereocenters. The van der Waals surface area contributed by atoms with Crippen LogP contribution in [0.1, 0.15) is 145 Å². The maximum absolute atomic E-state index is 13.7. The Balaban J connectivity index is 0.000000607. The minimum Gasteiger partial charge on any atom is -0.305 e. The Morgan fingerprint density at radius 2 is 1.21 bits per heavy atom. The highest BCUT2D eigenvalue weighted by Gasteiger charge is 2.43. The summed E-state index contributed by atoms with van der Waals surface area (Å²) in [6.45, 7) is 24.1. The first-order chi connectivity index (χ1) is 20.6. The summed E-state index contributed by atoms with van der Waals surface area (Å²) in [5.74, 6) is 1.52. The van der Waals surface area contributed by atoms with E-state index in [0.717, 1.165) is 64.9 Å². The SMILES string of the molecule is CC.CC.CCCCC(CC)CC.CCCCC(CC)CN1C(=O)/C(=C2/C(=O)Cc3c2sc(C)c3Br)c2sc(C)c(Br)c21. The topological polar surface area (TPSA) is 37.4 Å². The van der Waals surface area contributed by atoms with E-state index in [1.54, 1.807) is 22.7 Å². The van der Waals surface area contributed by atoms with Gasteiger partial charge in [0.15, 0.2) is 5.78 Å². The molecule has 43 heavy (non-hydrogen) atoms. The lowest BCUT2D eigenvalue weighted by Gasteiger charge is -2.24. The van der Waals surface area contributed by atoms with E-state index >= 15 is 0 Å². The van der Waals surface area contributed by atoms with Crippen LogP contribution in [0.15, 0.2) is 8.95 Å². The zero-order valence-corrected chi connectivity index (χ0v) is 33.6. The third-order valence-electron chi connectivity index (χ3n) is 8.24. The standard InChI is InChI=1S/C23H25Br2NO2S2.C9H20.2C2H6/c1-5-7-8-13(6-2)10-26-20-19(25)12(4)30-22(20)17(23(26)28)16-15(27)9-14-18(24)11(3)29-21(14)16;1-4-7-8-9(5-2)6-3;2*1-2/h13H,5-10H2,1-4H3;9H,4-8H2,1-3H3;2*1-2H3/b17-16-;;;. The van der Waals surface area contributed by atoms with Gasteiger partial charge < -0.3 is 4.90 Å². The molecule has 1 aliphatic heterocycles. The molecule has 0 saturated carbocycles. The van der Waals surface area contributed by atoms with Gasteiger partial charge in [-0.15, -0.1) is 22.7 Å². The molecule has 2 aliphatic rings. The molecule has 0 N–H and O–H groups in total. The van der Waals surface area contributed by atoms with Crippen molar-refractivity contribution < 1.29 is 9.59 Å². The van der Waals surface area contributed by atoms with Crippen LogP contribution in [0.3, 0.4) is 0 Å². The van der Waals surface area contributed by atoms with E-state index < -0.39 is 0 Å². The fourth-order valence-corrected chi connectivity index (χ4v) is 9.30. The van der Waals surface area contributed by atoms with Gasteiger partial charge in [0.1, 0.15) is 0 Å². The summed E-state index contributed by atoms with van der Waals surface area (Å²) in [5, 5.41) is 0. The predicted molar refractivity (Wildman–Crippen MR) is 201 cm³/mol. The lowest BCUT2D eigenvalue weighted by molar-refractivity contribution is -0.114. The number of carbonyl (C=O) groups is 2. The molecule has 0 radical (unpaired) electrons. The fourth-order valence-electron chi connectivity index (χ4n) is 5.58. The van der Waals surface area contributed by atoms with E-state index in [0.29, 0.717) is 30.0 Å². The van der Waals surface area contributed by atoms with Crippen LogP contribution < -0.4 is 4.90 Å². The Kier molecular flexibility index (Phi) is 19.1. The van der Waals surface area contributed by atoms with E-state index in [1.807, 2.05) is 32.6 Å². The van der Waals surface area contributed by atoms with Crippen LogP contribution in [-0.2, 0) is 16.0 Å². The Bertz CT molecular complexity index is 1210. The average molecular weight is 760 g/mol. The van der Waals surface area contributed by atoms with Gasteiger partial charge >= 0.3 is 0 Å². The second kappa shape index (κ2) is 20.4. The number of unbranched alkanes of at least 4 members (excludes halogenated alkanes) is 2. The van der Waals surface area contributed by atoms with E-state index in [-0.39, 0.29) is 11.7 Å². The van der Waals surface area contributed by atoms with Crippen molar-refractivity contribution in [1.29, 1.82) is 0 Å². The molecule has 2 aromatic rings. The number of amides is 1. The van der Waals surface area contributed by atoms with Crippen molar-refractivity contribution in [3.8, 4) is 0 Å². The highest BCUT2D eigenvalue weighted by Crippen LogP contribution is 2.54. The summed E-state index contributed by atoms with van der Waals surface area (Å²) in [4.78, 5) is 33.0. The largest absolute Gasteiger partial charge is 0.305 e. The van der Waals surface area contributed by atoms with Crippen LogP contribution in [0, 0.1) is 25.7 Å². The van der Waals surface area contributed by atoms with Crippen LogP contribution >= 0.6 is 54.5 Å². The first kappa shape index (κ1) is 40.3. The number of fused-ring (bicyclic) bond motifs is 2. The Morgan fingerprint density at radius 3 is 1.72 bits per heavy atom. The van der Waals surface area contributed by atoms with Crippen molar-refractivity contribution in [1.82, 2.24) is 0 Å². The van der Waals surface area contributed by atoms with Crippen molar-refractivity contribution in [3.63, 3.8) is 0 Å². The summed E-state index contributed by atoms with van der Waals surface area (Å²) >= 11 is 10.6. The van der Waals surface area contributed by atoms with Crippen LogP contribution in [0.4, 0.5) is 5.69 Å². The first-order valence-corrected chi connectivity index (χ1v) is 20.0. The number of Topliss-reactive ketones (excluding diaryl/α,β-unsaturated/α-hetero) is 1. The average Bonchev–Trinajstić information content (AvgIpc) is 3.67. The molecule has 1 aliphatic carbocycles. The molecule has 0 spiro atoms. The number of carbonyl (C=O) groups excluding carboxylic acids is 2. The number of thiophene rings is 2. The third-order valence-corrected chi connectivity index (χ3v) is 13.1. The maximum Gasteiger partial charge on any atom is 0.260 e. The predicted octanol–water partition coefficient (Wildman–Crippen LogP) is 13.2. The number of anilines is 1. The Morgan fingerprint density at radius 1 is 0.721 bits per heavy atom. The second-order valence-corrected chi connectivity index (χ2v) is 15.0. The number of nitrogens with zero attached hydrogens (tertiary/aromatic N) is 1. The highest BCUT2D eigenvalue weighted by molar-refractivity contribution is 9.11. The fraction of sp³-hybridized carbons (Fsp3) is 0.667. The van der Waals surface area contributed by atoms with Gasteiger partial charge in [0.2, 0.25) is 0 Å². The molecular formula is C36H57Br2NO2S2. The second-order valence-electron chi connectivity index (χ2n) is 10.9. The maximum atomic E-state index is 13.7. The number of allylic oxidation sites excluding steroid dienone is 1. The summed E-state index contributed by atoms with van der Waals surface area (Å²) in [7, 11) is 0. The molecule has 4 rings (SSSR count). The molecule has 0 bridgehead atoms. The van der Waals surface area contributed by atoms with E-state index in [9.17, 15) is 9.59 Å². The summed E-state index contributed by atoms with van der Waals surface area (Å²) in [6.07, 6.45) is 11.9. The molecular weight excluding hydrogens is 702 g/mol. The van der Waals surface area contributed by atoms with Crippen molar-refractivity contribution in [2.45, 2.75) is 140 Å². The van der Waals surface area contributed by atoms with Gasteiger partial charge in [0.05, 0.1) is 20.6 Å². The molecule has 244 valence electrons. The van der Waals surface area contributed by atoms with Gasteiger partial charge in [-0.3, -0.25) is 9.59 Å². The minimum absolute atomic E-state index is 0.00901. The number of aryl methyl sites for hydroxylation is 2. The first-order valence-electron chi connectivity index (χ1n) is 16.8. The molecule has 3 heterocycles.